The molecule has 0 spiro atoms. The van der Waals surface area contributed by atoms with Crippen molar-refractivity contribution in [2.45, 2.75) is 90.1 Å². The van der Waals surface area contributed by atoms with Crippen molar-refractivity contribution in [3.63, 3.8) is 0 Å². The number of benzene rings is 1. The van der Waals surface area contributed by atoms with Gasteiger partial charge in [-0.15, -0.1) is 0 Å². The van der Waals surface area contributed by atoms with E-state index < -0.39 is 90.1 Å². The predicted octanol–water partition coefficient (Wildman–Crippen LogP) is -1.94. The van der Waals surface area contributed by atoms with Crippen molar-refractivity contribution in [2.24, 2.45) is 11.7 Å². The van der Waals surface area contributed by atoms with E-state index in [0.29, 0.717) is 24.1 Å². The molecule has 9 N–H and O–H groups in total. The topological polar surface area (TPSA) is 267 Å². The Bertz CT molecular complexity index is 1600. The van der Waals surface area contributed by atoms with Gasteiger partial charge in [-0.2, -0.15) is 0 Å². The van der Waals surface area contributed by atoms with Crippen LogP contribution >= 0.6 is 0 Å². The first-order valence-electron chi connectivity index (χ1n) is 17.0. The molecule has 0 unspecified atom stereocenters. The Morgan fingerprint density at radius 3 is 2.13 bits per heavy atom. The summed E-state index contributed by atoms with van der Waals surface area (Å²) in [5, 5.41) is 15.4. The first-order chi connectivity index (χ1) is 24.6. The second kappa shape index (κ2) is 19.0. The predicted molar refractivity (Wildman–Crippen MR) is 186 cm³/mol. The molecule has 52 heavy (non-hydrogen) atoms. The zero-order chi connectivity index (χ0) is 38.5. The molecule has 1 aromatic heterocycles. The maximum atomic E-state index is 13.5. The fourth-order valence-corrected chi connectivity index (χ4v) is 5.53. The fraction of sp³-hybridized carbons (Fsp3) is 0.500. The quantitative estimate of drug-likeness (QED) is 0.0901. The zero-order valence-corrected chi connectivity index (χ0v) is 29.9. The molecule has 3 rings (SSSR count). The third kappa shape index (κ3) is 11.6. The van der Waals surface area contributed by atoms with Crippen molar-refractivity contribution in [3.8, 4) is 0 Å². The molecular weight excluding hydrogens is 676 g/mol. The molecule has 6 atom stereocenters. The Morgan fingerprint density at radius 2 is 1.54 bits per heavy atom. The molecule has 282 valence electrons. The molecule has 1 aliphatic rings. The van der Waals surface area contributed by atoms with Crippen molar-refractivity contribution in [2.75, 3.05) is 13.1 Å². The number of H-pyrrole nitrogens is 1. The number of carbonyl (C=O) groups excluding carboxylic acids is 8. The number of hydrogen-bond acceptors (Lipinski definition) is 9. The molecule has 2 aromatic rings. The lowest BCUT2D eigenvalue weighted by atomic mass is 10.0. The highest BCUT2D eigenvalue weighted by molar-refractivity contribution is 5.97. The number of aromatic nitrogens is 2. The summed E-state index contributed by atoms with van der Waals surface area (Å²) in [6, 6.07) is 2.06. The number of primary amides is 1. The standard InChI is InChI=1S/C34H48N10O8/c1-18(2)27(41-21(5)45)33(51)42-24(14-23-15-36-17-38-23)31(49)40-20(4)30(48)37-16-26(46)44-13-9-12-25(44)32(50)43-28(22-10-7-6-8-11-22)34(52)39-19(3)29(35)47/h6-8,10-11,15,17-20,24-25,27-28H,9,12-14,16H2,1-5H3,(H2,35,47)(H,36,38)(H,37,48)(H,39,52)(H,40,49)(H,41,45)(H,42,51)(H,43,50)/t19-,20-,24-,25+,27-,28+/m0/s1. The van der Waals surface area contributed by atoms with Crippen LogP contribution in [0.3, 0.4) is 0 Å². The highest BCUT2D eigenvalue weighted by atomic mass is 16.2. The van der Waals surface area contributed by atoms with Crippen LogP contribution in [0.4, 0.5) is 0 Å². The van der Waals surface area contributed by atoms with Gasteiger partial charge in [0.1, 0.15) is 36.3 Å². The minimum Gasteiger partial charge on any atom is -0.368 e. The van der Waals surface area contributed by atoms with Gasteiger partial charge in [-0.05, 0) is 38.2 Å². The highest BCUT2D eigenvalue weighted by Crippen LogP contribution is 2.20. The van der Waals surface area contributed by atoms with Crippen molar-refractivity contribution in [1.82, 2.24) is 46.8 Å². The van der Waals surface area contributed by atoms with Crippen LogP contribution in [0.5, 0.6) is 0 Å². The SMILES string of the molecule is CC(=O)N[C@H](C(=O)N[C@@H](Cc1cnc[nH]1)C(=O)N[C@@H](C)C(=O)NCC(=O)N1CCC[C@@H]1C(=O)N[C@@H](C(=O)N[C@@H](C)C(N)=O)c1ccccc1)C(C)C. The first-order valence-corrected chi connectivity index (χ1v) is 17.0. The summed E-state index contributed by atoms with van der Waals surface area (Å²) in [5.41, 5.74) is 6.27. The summed E-state index contributed by atoms with van der Waals surface area (Å²) in [6.45, 7) is 7.32. The maximum absolute atomic E-state index is 13.5. The molecule has 1 aliphatic heterocycles. The summed E-state index contributed by atoms with van der Waals surface area (Å²) in [4.78, 5) is 111. The molecule has 18 nitrogen and oxygen atoms in total. The van der Waals surface area contributed by atoms with Gasteiger partial charge in [-0.25, -0.2) is 4.98 Å². The van der Waals surface area contributed by atoms with Gasteiger partial charge in [0.2, 0.25) is 47.3 Å². The molecule has 1 fully saturated rings. The van der Waals surface area contributed by atoms with E-state index in [0.717, 1.165) is 0 Å². The van der Waals surface area contributed by atoms with Crippen LogP contribution < -0.4 is 37.6 Å². The Hall–Kier alpha value is -5.81. The van der Waals surface area contributed by atoms with E-state index in [1.54, 1.807) is 44.2 Å². The van der Waals surface area contributed by atoms with Gasteiger partial charge in [-0.1, -0.05) is 44.2 Å². The van der Waals surface area contributed by atoms with Crippen molar-refractivity contribution >= 4 is 47.3 Å². The molecule has 0 radical (unpaired) electrons. The lowest BCUT2D eigenvalue weighted by Crippen LogP contribution is -2.58. The average Bonchev–Trinajstić information content (AvgIpc) is 3.81. The molecule has 8 amide bonds. The third-order valence-electron chi connectivity index (χ3n) is 8.43. The van der Waals surface area contributed by atoms with Gasteiger partial charge < -0.3 is 47.5 Å². The Labute approximate surface area is 301 Å². The number of nitrogens with two attached hydrogens (primary N) is 1. The van der Waals surface area contributed by atoms with Gasteiger partial charge in [0.05, 0.1) is 12.9 Å². The number of aromatic amines is 1. The zero-order valence-electron chi connectivity index (χ0n) is 29.9. The fourth-order valence-electron chi connectivity index (χ4n) is 5.53. The van der Waals surface area contributed by atoms with Gasteiger partial charge in [0, 0.05) is 31.8 Å². The van der Waals surface area contributed by atoms with Crippen molar-refractivity contribution in [1.29, 1.82) is 0 Å². The molecule has 1 aromatic carbocycles. The largest absolute Gasteiger partial charge is 0.368 e. The maximum Gasteiger partial charge on any atom is 0.247 e. The number of carbonyl (C=O) groups is 8. The van der Waals surface area contributed by atoms with E-state index in [2.05, 4.69) is 41.9 Å². The molecule has 18 heteroatoms. The molecule has 0 aliphatic carbocycles. The third-order valence-corrected chi connectivity index (χ3v) is 8.43. The minimum atomic E-state index is -1.18. The number of hydrogen-bond donors (Lipinski definition) is 8. The van der Waals surface area contributed by atoms with Gasteiger partial charge in [0.25, 0.3) is 0 Å². The number of nitrogens with one attached hydrogen (secondary N) is 7. The number of rotatable bonds is 17. The van der Waals surface area contributed by atoms with Crippen LogP contribution in [0, 0.1) is 5.92 Å². The van der Waals surface area contributed by atoms with Gasteiger partial charge in [0.15, 0.2) is 0 Å². The van der Waals surface area contributed by atoms with E-state index in [9.17, 15) is 38.4 Å². The monoisotopic (exact) mass is 724 g/mol. The highest BCUT2D eigenvalue weighted by Gasteiger charge is 2.37. The number of imidazole rings is 1. The number of nitrogens with zero attached hydrogens (tertiary/aromatic N) is 2. The Morgan fingerprint density at radius 1 is 0.865 bits per heavy atom. The second-order valence-electron chi connectivity index (χ2n) is 12.9. The van der Waals surface area contributed by atoms with Gasteiger partial charge >= 0.3 is 0 Å². The van der Waals surface area contributed by atoms with E-state index in [4.69, 9.17) is 5.73 Å². The summed E-state index contributed by atoms with van der Waals surface area (Å²) in [6.07, 6.45) is 3.70. The molecular formula is C34H48N10O8. The molecule has 2 heterocycles. The molecule has 0 saturated carbocycles. The summed E-state index contributed by atoms with van der Waals surface area (Å²) >= 11 is 0. The smallest absolute Gasteiger partial charge is 0.247 e. The average molecular weight is 725 g/mol. The van der Waals surface area contributed by atoms with Crippen LogP contribution in [-0.2, 0) is 44.8 Å². The molecule has 0 bridgehead atoms. The molecule has 1 saturated heterocycles. The van der Waals surface area contributed by atoms with Crippen LogP contribution in [0.2, 0.25) is 0 Å². The van der Waals surface area contributed by atoms with Gasteiger partial charge in [-0.3, -0.25) is 38.4 Å². The van der Waals surface area contributed by atoms with E-state index in [1.165, 1.54) is 38.2 Å². The Kier molecular flexibility index (Phi) is 14.8. The minimum absolute atomic E-state index is 0.00462. The van der Waals surface area contributed by atoms with Crippen molar-refractivity contribution in [3.05, 3.63) is 54.1 Å². The van der Waals surface area contributed by atoms with Crippen LogP contribution in [-0.4, -0.2) is 105 Å². The van der Waals surface area contributed by atoms with E-state index in [1.807, 2.05) is 0 Å². The Balaban J connectivity index is 1.62. The van der Waals surface area contributed by atoms with Crippen molar-refractivity contribution < 1.29 is 38.4 Å². The summed E-state index contributed by atoms with van der Waals surface area (Å²) in [7, 11) is 0. The number of likely N-dealkylation sites (tertiary alicyclic amines) is 1. The van der Waals surface area contributed by atoms with Crippen LogP contribution in [0.15, 0.2) is 42.9 Å². The van der Waals surface area contributed by atoms with Crippen LogP contribution in [0.25, 0.3) is 0 Å². The lowest BCUT2D eigenvalue weighted by Gasteiger charge is -2.27. The van der Waals surface area contributed by atoms with E-state index in [-0.39, 0.29) is 18.9 Å². The summed E-state index contributed by atoms with van der Waals surface area (Å²) in [5.74, 6) is -5.26. The van der Waals surface area contributed by atoms with Crippen LogP contribution in [0.1, 0.15) is 64.8 Å². The normalized spacial score (nSPS) is 16.7. The van der Waals surface area contributed by atoms with E-state index >= 15 is 0 Å². The first kappa shape index (κ1) is 40.6. The lowest BCUT2D eigenvalue weighted by molar-refractivity contribution is -0.140. The summed E-state index contributed by atoms with van der Waals surface area (Å²) < 4.78 is 0. The second-order valence-corrected chi connectivity index (χ2v) is 12.9. The number of amides is 8.